The molecule has 0 aliphatic carbocycles. The maximum atomic E-state index is 13.1. The van der Waals surface area contributed by atoms with Gasteiger partial charge in [-0.05, 0) is 37.8 Å². The summed E-state index contributed by atoms with van der Waals surface area (Å²) in [4.78, 5) is 62.8. The Morgan fingerprint density at radius 1 is 0.897 bits per heavy atom. The molecular formula is C28H38N2O9. The number of hydrogen-bond donors (Lipinski definition) is 1. The largest absolute Gasteiger partial charge is 0.485 e. The quantitative estimate of drug-likeness (QED) is 0.205. The molecule has 4 amide bonds. The molecule has 11 heteroatoms. The van der Waals surface area contributed by atoms with Gasteiger partial charge in [-0.15, -0.1) is 0 Å². The number of carbonyl (C=O) groups is 5. The third-order valence-electron chi connectivity index (χ3n) is 6.45. The third kappa shape index (κ3) is 8.94. The van der Waals surface area contributed by atoms with Gasteiger partial charge in [0.15, 0.2) is 5.78 Å². The highest BCUT2D eigenvalue weighted by molar-refractivity contribution is 6.24. The van der Waals surface area contributed by atoms with E-state index in [0.29, 0.717) is 52.3 Å². The molecule has 0 saturated carbocycles. The molecule has 2 aliphatic heterocycles. The van der Waals surface area contributed by atoms with Crippen LogP contribution in [-0.4, -0.2) is 86.6 Å². The zero-order valence-corrected chi connectivity index (χ0v) is 22.5. The van der Waals surface area contributed by atoms with Gasteiger partial charge in [0.25, 0.3) is 11.8 Å². The number of Topliss-reactive ketones (excluding diaryl/α,β-unsaturated/α-hetero) is 1. The Balaban J connectivity index is 1.31. The lowest BCUT2D eigenvalue weighted by Gasteiger charge is -2.27. The van der Waals surface area contributed by atoms with Crippen LogP contribution in [0.5, 0.6) is 5.75 Å². The van der Waals surface area contributed by atoms with Crippen LogP contribution in [-0.2, 0) is 28.6 Å². The van der Waals surface area contributed by atoms with E-state index in [1.54, 1.807) is 6.07 Å². The number of unbranched alkanes of at least 4 members (excludes halogenated alkanes) is 3. The van der Waals surface area contributed by atoms with E-state index in [2.05, 4.69) is 12.2 Å². The summed E-state index contributed by atoms with van der Waals surface area (Å²) in [5, 5.41) is 2.16. The normalized spacial score (nSPS) is 16.9. The number of amides is 4. The first kappa shape index (κ1) is 30.4. The number of nitrogens with one attached hydrogen (secondary N) is 1. The Bertz CT molecular complexity index is 1030. The first-order chi connectivity index (χ1) is 18.9. The molecule has 1 fully saturated rings. The van der Waals surface area contributed by atoms with Crippen LogP contribution in [0, 0.1) is 0 Å². The van der Waals surface area contributed by atoms with Gasteiger partial charge < -0.3 is 18.9 Å². The van der Waals surface area contributed by atoms with Crippen LogP contribution in [0.15, 0.2) is 18.2 Å². The molecule has 1 saturated heterocycles. The number of fused-ring (bicyclic) bond motifs is 1. The number of carbonyl (C=O) groups excluding carboxylic acids is 5. The van der Waals surface area contributed by atoms with E-state index in [4.69, 9.17) is 18.9 Å². The van der Waals surface area contributed by atoms with Gasteiger partial charge in [-0.25, -0.2) is 0 Å². The number of rotatable bonds is 19. The first-order valence-electron chi connectivity index (χ1n) is 13.7. The van der Waals surface area contributed by atoms with Crippen LogP contribution in [0.25, 0.3) is 0 Å². The van der Waals surface area contributed by atoms with Gasteiger partial charge in [0, 0.05) is 26.1 Å². The number of ether oxygens (including phenoxy) is 4. The molecule has 0 aromatic heterocycles. The Kier molecular flexibility index (Phi) is 12.5. The molecule has 0 spiro atoms. The number of piperidine rings is 1. The van der Waals surface area contributed by atoms with Crippen LogP contribution in [0.1, 0.15) is 79.0 Å². The number of nitrogens with zero attached hydrogens (tertiary/aromatic N) is 1. The summed E-state index contributed by atoms with van der Waals surface area (Å²) in [6.07, 6.45) is 5.16. The zero-order chi connectivity index (χ0) is 28.0. The van der Waals surface area contributed by atoms with E-state index in [0.717, 1.165) is 17.9 Å². The van der Waals surface area contributed by atoms with Crippen molar-refractivity contribution in [1.29, 1.82) is 0 Å². The van der Waals surface area contributed by atoms with Crippen molar-refractivity contribution in [2.75, 3.05) is 46.2 Å². The van der Waals surface area contributed by atoms with E-state index in [9.17, 15) is 24.0 Å². The van der Waals surface area contributed by atoms with E-state index in [1.807, 2.05) is 0 Å². The van der Waals surface area contributed by atoms with Crippen molar-refractivity contribution in [2.24, 2.45) is 0 Å². The van der Waals surface area contributed by atoms with Crippen LogP contribution < -0.4 is 10.1 Å². The first-order valence-corrected chi connectivity index (χ1v) is 13.7. The summed E-state index contributed by atoms with van der Waals surface area (Å²) in [6, 6.07) is 3.48. The fourth-order valence-electron chi connectivity index (χ4n) is 4.36. The predicted octanol–water partition coefficient (Wildman–Crippen LogP) is 2.45. The molecule has 0 bridgehead atoms. The Morgan fingerprint density at radius 2 is 1.56 bits per heavy atom. The smallest absolute Gasteiger partial charge is 0.266 e. The number of hydrogen-bond acceptors (Lipinski definition) is 9. The number of ketones is 1. The van der Waals surface area contributed by atoms with Crippen molar-refractivity contribution in [3.8, 4) is 5.75 Å². The molecule has 1 N–H and O–H groups in total. The van der Waals surface area contributed by atoms with E-state index in [-0.39, 0.29) is 42.1 Å². The standard InChI is InChI=1S/C28H38N2O9/c1-2-3-5-13-36-15-17-38-18-16-37-14-6-4-8-20(31)19-39-23-10-7-9-21-25(23)28(35)30(27(21)34)22-11-12-24(32)29-26(22)33/h7,9-10,22H,2-6,8,11-19H2,1H3,(H,29,32,33). The fourth-order valence-corrected chi connectivity index (χ4v) is 4.36. The molecule has 3 rings (SSSR count). The van der Waals surface area contributed by atoms with E-state index < -0.39 is 29.7 Å². The topological polar surface area (TPSA) is 138 Å². The zero-order valence-electron chi connectivity index (χ0n) is 22.5. The second kappa shape index (κ2) is 16.1. The molecule has 1 aromatic rings. The minimum absolute atomic E-state index is 0.0266. The summed E-state index contributed by atoms with van der Waals surface area (Å²) in [6.45, 7) is 5.30. The van der Waals surface area contributed by atoms with Gasteiger partial charge >= 0.3 is 0 Å². The van der Waals surface area contributed by atoms with Crippen LogP contribution in [0.2, 0.25) is 0 Å². The predicted molar refractivity (Wildman–Crippen MR) is 139 cm³/mol. The lowest BCUT2D eigenvalue weighted by molar-refractivity contribution is -0.136. The lowest BCUT2D eigenvalue weighted by Crippen LogP contribution is -2.54. The monoisotopic (exact) mass is 546 g/mol. The Labute approximate surface area is 228 Å². The molecule has 0 radical (unpaired) electrons. The molecule has 214 valence electrons. The summed E-state index contributed by atoms with van der Waals surface area (Å²) in [5.41, 5.74) is 0.133. The van der Waals surface area contributed by atoms with Crippen molar-refractivity contribution < 1.29 is 42.9 Å². The third-order valence-corrected chi connectivity index (χ3v) is 6.45. The molecule has 2 heterocycles. The van der Waals surface area contributed by atoms with E-state index in [1.165, 1.54) is 25.0 Å². The highest BCUT2D eigenvalue weighted by atomic mass is 16.5. The second-order valence-corrected chi connectivity index (χ2v) is 9.45. The Morgan fingerprint density at radius 3 is 2.23 bits per heavy atom. The number of benzene rings is 1. The molecular weight excluding hydrogens is 508 g/mol. The maximum absolute atomic E-state index is 13.1. The maximum Gasteiger partial charge on any atom is 0.266 e. The van der Waals surface area contributed by atoms with E-state index >= 15 is 0 Å². The average molecular weight is 547 g/mol. The van der Waals surface area contributed by atoms with Crippen molar-refractivity contribution in [3.05, 3.63) is 29.3 Å². The van der Waals surface area contributed by atoms with Crippen LogP contribution in [0.4, 0.5) is 0 Å². The second-order valence-electron chi connectivity index (χ2n) is 9.45. The van der Waals surface area contributed by atoms with Gasteiger partial charge in [0.2, 0.25) is 11.8 Å². The molecule has 1 unspecified atom stereocenters. The minimum Gasteiger partial charge on any atom is -0.485 e. The Hall–Kier alpha value is -3.15. The van der Waals surface area contributed by atoms with Crippen LogP contribution >= 0.6 is 0 Å². The minimum atomic E-state index is -1.06. The summed E-state index contributed by atoms with van der Waals surface area (Å²) in [7, 11) is 0. The van der Waals surface area contributed by atoms with Gasteiger partial charge in [-0.1, -0.05) is 25.8 Å². The molecule has 39 heavy (non-hydrogen) atoms. The number of imide groups is 2. The van der Waals surface area contributed by atoms with Crippen molar-refractivity contribution in [1.82, 2.24) is 10.2 Å². The summed E-state index contributed by atoms with van der Waals surface area (Å²) < 4.78 is 22.1. The highest BCUT2D eigenvalue weighted by Gasteiger charge is 2.46. The molecule has 1 atom stereocenters. The summed E-state index contributed by atoms with van der Waals surface area (Å²) >= 11 is 0. The van der Waals surface area contributed by atoms with Crippen molar-refractivity contribution in [3.63, 3.8) is 0 Å². The molecule has 1 aromatic carbocycles. The van der Waals surface area contributed by atoms with Gasteiger partial charge in [-0.3, -0.25) is 34.2 Å². The molecule has 11 nitrogen and oxygen atoms in total. The van der Waals surface area contributed by atoms with Crippen molar-refractivity contribution in [2.45, 2.75) is 64.3 Å². The van der Waals surface area contributed by atoms with Gasteiger partial charge in [0.1, 0.15) is 18.4 Å². The highest BCUT2D eigenvalue weighted by Crippen LogP contribution is 2.33. The van der Waals surface area contributed by atoms with Gasteiger partial charge in [0.05, 0.1) is 37.6 Å². The van der Waals surface area contributed by atoms with Crippen molar-refractivity contribution >= 4 is 29.4 Å². The lowest BCUT2D eigenvalue weighted by atomic mass is 10.0. The van der Waals surface area contributed by atoms with Gasteiger partial charge in [-0.2, -0.15) is 0 Å². The molecule has 2 aliphatic rings. The SMILES string of the molecule is CCCCCOCCOCCOCCCCC(=O)COc1cccc2c1C(=O)N(C1CCC(=O)NC1=O)C2=O. The van der Waals surface area contributed by atoms with Crippen LogP contribution in [0.3, 0.4) is 0 Å². The average Bonchev–Trinajstić information content (AvgIpc) is 3.17. The fraction of sp³-hybridized carbons (Fsp3) is 0.607. The summed E-state index contributed by atoms with van der Waals surface area (Å²) in [5.74, 6) is -2.45.